The third-order valence-corrected chi connectivity index (χ3v) is 1.99. The van der Waals surface area contributed by atoms with Crippen LogP contribution in [0.15, 0.2) is 18.2 Å². The van der Waals surface area contributed by atoms with Gasteiger partial charge in [0.2, 0.25) is 0 Å². The van der Waals surface area contributed by atoms with Crippen LogP contribution in [-0.2, 0) is 0 Å². The van der Waals surface area contributed by atoms with E-state index in [2.05, 4.69) is 4.74 Å². The van der Waals surface area contributed by atoms with Gasteiger partial charge in [-0.3, -0.25) is 4.79 Å². The van der Waals surface area contributed by atoms with Gasteiger partial charge >= 0.3 is 6.36 Å². The predicted molar refractivity (Wildman–Crippen MR) is 52.8 cm³/mol. The zero-order chi connectivity index (χ0) is 13.1. The first-order valence-corrected chi connectivity index (χ1v) is 5.02. The van der Waals surface area contributed by atoms with Gasteiger partial charge in [-0.05, 0) is 12.1 Å². The van der Waals surface area contributed by atoms with Crippen LogP contribution in [0.4, 0.5) is 17.6 Å². The van der Waals surface area contributed by atoms with Crippen molar-refractivity contribution >= 4 is 17.4 Å². The molecule has 0 aromatic heterocycles. The topological polar surface area (TPSA) is 26.3 Å². The van der Waals surface area contributed by atoms with Gasteiger partial charge in [0, 0.05) is 12.3 Å². The molecule has 0 N–H and O–H groups in total. The van der Waals surface area contributed by atoms with Crippen molar-refractivity contribution in [3.05, 3.63) is 29.6 Å². The summed E-state index contributed by atoms with van der Waals surface area (Å²) in [4.78, 5) is 11.4. The lowest BCUT2D eigenvalue weighted by atomic mass is 10.1. The Morgan fingerprint density at radius 2 is 2.00 bits per heavy atom. The highest BCUT2D eigenvalue weighted by Gasteiger charge is 2.33. The molecule has 0 amide bonds. The monoisotopic (exact) mass is 270 g/mol. The van der Waals surface area contributed by atoms with Crippen LogP contribution in [0.3, 0.4) is 0 Å². The highest BCUT2D eigenvalue weighted by atomic mass is 35.5. The Labute approximate surface area is 99.1 Å². The van der Waals surface area contributed by atoms with Gasteiger partial charge in [0.15, 0.2) is 5.78 Å². The Morgan fingerprint density at radius 3 is 2.53 bits per heavy atom. The molecular formula is C10H7ClF4O2. The minimum absolute atomic E-state index is 0.112. The Balaban J connectivity index is 3.13. The van der Waals surface area contributed by atoms with Gasteiger partial charge in [0.1, 0.15) is 11.6 Å². The van der Waals surface area contributed by atoms with E-state index in [1.807, 2.05) is 0 Å². The summed E-state index contributed by atoms with van der Waals surface area (Å²) < 4.78 is 52.9. The summed E-state index contributed by atoms with van der Waals surface area (Å²) in [6, 6.07) is 2.77. The van der Waals surface area contributed by atoms with Crippen LogP contribution in [0.5, 0.6) is 5.75 Å². The summed E-state index contributed by atoms with van der Waals surface area (Å²) in [6.07, 6.45) is -5.25. The normalized spacial score (nSPS) is 11.4. The number of benzene rings is 1. The fourth-order valence-corrected chi connectivity index (χ4v) is 1.37. The van der Waals surface area contributed by atoms with E-state index >= 15 is 0 Å². The van der Waals surface area contributed by atoms with Crippen LogP contribution in [0.25, 0.3) is 0 Å². The van der Waals surface area contributed by atoms with Crippen LogP contribution >= 0.6 is 11.6 Å². The molecule has 0 atom stereocenters. The molecule has 0 aliphatic carbocycles. The van der Waals surface area contributed by atoms with Crippen molar-refractivity contribution < 1.29 is 27.1 Å². The maximum atomic E-state index is 13.3. The molecule has 0 saturated heterocycles. The molecule has 7 heteroatoms. The maximum absolute atomic E-state index is 13.3. The van der Waals surface area contributed by atoms with Crippen molar-refractivity contribution in [3.8, 4) is 5.75 Å². The first-order chi connectivity index (χ1) is 7.85. The standard InChI is InChI=1S/C10H7ClF4O2/c11-5-4-7(16)9-6(12)2-1-3-8(9)17-10(13,14)15/h1-3H,4-5H2. The first-order valence-electron chi connectivity index (χ1n) is 4.48. The van der Waals surface area contributed by atoms with E-state index in [9.17, 15) is 22.4 Å². The molecule has 0 unspecified atom stereocenters. The number of hydrogen-bond donors (Lipinski definition) is 0. The number of carbonyl (C=O) groups excluding carboxylic acids is 1. The lowest BCUT2D eigenvalue weighted by Gasteiger charge is -2.12. The van der Waals surface area contributed by atoms with Crippen LogP contribution in [-0.4, -0.2) is 18.0 Å². The van der Waals surface area contributed by atoms with E-state index in [0.717, 1.165) is 18.2 Å². The second kappa shape index (κ2) is 5.35. The van der Waals surface area contributed by atoms with Crippen molar-refractivity contribution in [2.24, 2.45) is 0 Å². The van der Waals surface area contributed by atoms with Crippen LogP contribution in [0, 0.1) is 5.82 Å². The number of ether oxygens (including phenoxy) is 1. The van der Waals surface area contributed by atoms with Gasteiger partial charge in [0.25, 0.3) is 0 Å². The fraction of sp³-hybridized carbons (Fsp3) is 0.300. The van der Waals surface area contributed by atoms with Gasteiger partial charge in [-0.2, -0.15) is 0 Å². The number of carbonyl (C=O) groups is 1. The second-order valence-corrected chi connectivity index (χ2v) is 3.40. The number of ketones is 1. The van der Waals surface area contributed by atoms with E-state index in [1.54, 1.807) is 0 Å². The van der Waals surface area contributed by atoms with E-state index < -0.39 is 29.3 Å². The molecule has 94 valence electrons. The molecule has 0 saturated carbocycles. The fourth-order valence-electron chi connectivity index (χ4n) is 1.20. The molecule has 1 aromatic carbocycles. The van der Waals surface area contributed by atoms with E-state index in [0.29, 0.717) is 0 Å². The van der Waals surface area contributed by atoms with Gasteiger partial charge in [-0.1, -0.05) is 6.07 Å². The molecule has 0 heterocycles. The van der Waals surface area contributed by atoms with Gasteiger partial charge in [-0.25, -0.2) is 4.39 Å². The molecule has 1 rings (SSSR count). The van der Waals surface area contributed by atoms with Crippen molar-refractivity contribution in [3.63, 3.8) is 0 Å². The van der Waals surface area contributed by atoms with Gasteiger partial charge < -0.3 is 4.74 Å². The summed E-state index contributed by atoms with van der Waals surface area (Å²) in [5.41, 5.74) is -0.731. The molecule has 0 aliphatic rings. The van der Waals surface area contributed by atoms with Crippen LogP contribution < -0.4 is 4.74 Å². The SMILES string of the molecule is O=C(CCCl)c1c(F)cccc1OC(F)(F)F. The van der Waals surface area contributed by atoms with Crippen molar-refractivity contribution in [2.75, 3.05) is 5.88 Å². The third-order valence-electron chi connectivity index (χ3n) is 1.80. The Hall–Kier alpha value is -1.30. The average Bonchev–Trinajstić information content (AvgIpc) is 2.15. The van der Waals surface area contributed by atoms with Crippen LogP contribution in [0.1, 0.15) is 16.8 Å². The summed E-state index contributed by atoms with van der Waals surface area (Å²) in [6.45, 7) is 0. The van der Waals surface area contributed by atoms with Crippen LogP contribution in [0.2, 0.25) is 0 Å². The lowest BCUT2D eigenvalue weighted by molar-refractivity contribution is -0.274. The highest BCUT2D eigenvalue weighted by molar-refractivity contribution is 6.19. The van der Waals surface area contributed by atoms with E-state index in [4.69, 9.17) is 11.6 Å². The smallest absolute Gasteiger partial charge is 0.405 e. The number of Topliss-reactive ketones (excluding diaryl/α,β-unsaturated/α-hetero) is 1. The molecule has 0 bridgehead atoms. The summed E-state index contributed by atoms with van der Waals surface area (Å²) in [7, 11) is 0. The molecule has 17 heavy (non-hydrogen) atoms. The van der Waals surface area contributed by atoms with Crippen molar-refractivity contribution in [2.45, 2.75) is 12.8 Å². The first kappa shape index (κ1) is 13.8. The molecule has 0 fully saturated rings. The number of rotatable bonds is 4. The predicted octanol–water partition coefficient (Wildman–Crippen LogP) is 3.54. The van der Waals surface area contributed by atoms with Crippen molar-refractivity contribution in [1.82, 2.24) is 0 Å². The molecule has 2 nitrogen and oxygen atoms in total. The summed E-state index contributed by atoms with van der Waals surface area (Å²) in [5.74, 6) is -2.87. The maximum Gasteiger partial charge on any atom is 0.573 e. The van der Waals surface area contributed by atoms with E-state index in [1.165, 1.54) is 0 Å². The lowest BCUT2D eigenvalue weighted by Crippen LogP contribution is -2.19. The Kier molecular flexibility index (Phi) is 4.34. The number of alkyl halides is 4. The van der Waals surface area contributed by atoms with Crippen molar-refractivity contribution in [1.29, 1.82) is 0 Å². The second-order valence-electron chi connectivity index (χ2n) is 3.02. The summed E-state index contributed by atoms with van der Waals surface area (Å²) >= 11 is 5.28. The van der Waals surface area contributed by atoms with E-state index in [-0.39, 0.29) is 12.3 Å². The molecule has 0 spiro atoms. The summed E-state index contributed by atoms with van der Waals surface area (Å²) in [5, 5.41) is 0. The molecule has 1 aromatic rings. The average molecular weight is 271 g/mol. The molecular weight excluding hydrogens is 264 g/mol. The minimum atomic E-state index is -4.98. The zero-order valence-electron chi connectivity index (χ0n) is 8.35. The third kappa shape index (κ3) is 3.89. The minimum Gasteiger partial charge on any atom is -0.405 e. The molecule has 0 aliphatic heterocycles. The molecule has 0 radical (unpaired) electrons. The van der Waals surface area contributed by atoms with Gasteiger partial charge in [-0.15, -0.1) is 24.8 Å². The Morgan fingerprint density at radius 1 is 1.35 bits per heavy atom. The zero-order valence-corrected chi connectivity index (χ0v) is 9.11. The quantitative estimate of drug-likeness (QED) is 0.475. The Bertz CT molecular complexity index is 417. The largest absolute Gasteiger partial charge is 0.573 e. The van der Waals surface area contributed by atoms with Gasteiger partial charge in [0.05, 0.1) is 5.56 Å². The number of halogens is 5. The highest BCUT2D eigenvalue weighted by Crippen LogP contribution is 2.29. The number of hydrogen-bond acceptors (Lipinski definition) is 2.